The van der Waals surface area contributed by atoms with Crippen LogP contribution in [0, 0.1) is 0 Å². The van der Waals surface area contributed by atoms with Gasteiger partial charge in [0.05, 0.1) is 11.3 Å². The largest absolute Gasteiger partial charge is 0.291 e. The van der Waals surface area contributed by atoms with Crippen molar-refractivity contribution in [1.82, 2.24) is 5.32 Å². The van der Waals surface area contributed by atoms with Gasteiger partial charge in [0.25, 0.3) is 5.91 Å². The summed E-state index contributed by atoms with van der Waals surface area (Å²) in [5.41, 5.74) is 0.763. The smallest absolute Gasteiger partial charge is 0.268 e. The van der Waals surface area contributed by atoms with Gasteiger partial charge in [0.1, 0.15) is 0 Å². The highest BCUT2D eigenvalue weighted by molar-refractivity contribution is 7.21. The summed E-state index contributed by atoms with van der Waals surface area (Å²) in [6.45, 7) is 0. The monoisotopic (exact) mass is 251 g/mol. The number of amides is 2. The van der Waals surface area contributed by atoms with Crippen molar-refractivity contribution < 1.29 is 9.59 Å². The minimum atomic E-state index is -0.316. The van der Waals surface area contributed by atoms with Crippen LogP contribution < -0.4 is 5.32 Å². The second-order valence-electron chi connectivity index (χ2n) is 3.58. The van der Waals surface area contributed by atoms with Crippen molar-refractivity contribution in [3.63, 3.8) is 0 Å². The molecule has 0 aliphatic carbocycles. The molecule has 2 aromatic rings. The van der Waals surface area contributed by atoms with Crippen molar-refractivity contribution in [2.75, 3.05) is 0 Å². The summed E-state index contributed by atoms with van der Waals surface area (Å²) in [5, 5.41) is 3.74. The van der Waals surface area contributed by atoms with Gasteiger partial charge in [-0.25, -0.2) is 0 Å². The zero-order chi connectivity index (χ0) is 11.3. The lowest BCUT2D eigenvalue weighted by Gasteiger charge is -2.10. The van der Waals surface area contributed by atoms with Gasteiger partial charge < -0.3 is 0 Å². The van der Waals surface area contributed by atoms with E-state index in [1.54, 1.807) is 6.07 Å². The molecule has 16 heavy (non-hydrogen) atoms. The number of hydrogen-bond acceptors (Lipinski definition) is 3. The molecule has 80 valence electrons. The highest BCUT2D eigenvalue weighted by Gasteiger charge is 2.27. The van der Waals surface area contributed by atoms with Crippen molar-refractivity contribution in [3.8, 4) is 0 Å². The average molecular weight is 252 g/mol. The Morgan fingerprint density at radius 1 is 1.31 bits per heavy atom. The third-order valence-corrected chi connectivity index (χ3v) is 4.07. The Morgan fingerprint density at radius 3 is 2.94 bits per heavy atom. The maximum atomic E-state index is 11.6. The quantitative estimate of drug-likeness (QED) is 0.731. The third kappa shape index (κ3) is 1.27. The molecule has 0 spiro atoms. The Kier molecular flexibility index (Phi) is 2.02. The van der Waals surface area contributed by atoms with Gasteiger partial charge in [0.15, 0.2) is 0 Å². The molecule has 1 aliphatic heterocycles. The van der Waals surface area contributed by atoms with E-state index < -0.39 is 0 Å². The number of imide groups is 1. The molecular weight excluding hydrogens is 246 g/mol. The van der Waals surface area contributed by atoms with Crippen LogP contribution in [0.15, 0.2) is 18.2 Å². The van der Waals surface area contributed by atoms with Gasteiger partial charge >= 0.3 is 0 Å². The highest BCUT2D eigenvalue weighted by Crippen LogP contribution is 2.37. The molecule has 0 radical (unpaired) electrons. The fourth-order valence-corrected chi connectivity index (χ4v) is 3.40. The molecule has 0 bridgehead atoms. The lowest BCUT2D eigenvalue weighted by molar-refractivity contribution is -0.119. The number of nitrogens with one attached hydrogen (secondary N) is 1. The second kappa shape index (κ2) is 3.30. The molecule has 5 heteroatoms. The molecular formula is C11H6ClNO2S. The van der Waals surface area contributed by atoms with Crippen molar-refractivity contribution in [2.45, 2.75) is 6.42 Å². The molecule has 2 heterocycles. The number of carbonyl (C=O) groups is 2. The fraction of sp³-hybridized carbons (Fsp3) is 0.0909. The van der Waals surface area contributed by atoms with Crippen LogP contribution in [-0.2, 0) is 11.2 Å². The van der Waals surface area contributed by atoms with E-state index in [1.807, 2.05) is 12.1 Å². The van der Waals surface area contributed by atoms with Crippen LogP contribution in [-0.4, -0.2) is 11.8 Å². The fourth-order valence-electron chi connectivity index (χ4n) is 1.91. The molecule has 0 saturated heterocycles. The summed E-state index contributed by atoms with van der Waals surface area (Å²) >= 11 is 7.47. The van der Waals surface area contributed by atoms with Crippen LogP contribution in [0.5, 0.6) is 0 Å². The van der Waals surface area contributed by atoms with Crippen LogP contribution in [0.25, 0.3) is 10.1 Å². The summed E-state index contributed by atoms with van der Waals surface area (Å²) in [6.07, 6.45) is 0.227. The molecule has 0 unspecified atom stereocenters. The first-order chi connectivity index (χ1) is 7.66. The summed E-state index contributed by atoms with van der Waals surface area (Å²) in [7, 11) is 0. The van der Waals surface area contributed by atoms with Crippen LogP contribution in [0.1, 0.15) is 15.2 Å². The average Bonchev–Trinajstić information content (AvgIpc) is 2.58. The molecule has 1 aromatic heterocycles. The van der Waals surface area contributed by atoms with E-state index in [4.69, 9.17) is 11.6 Å². The molecule has 1 aromatic carbocycles. The lowest BCUT2D eigenvalue weighted by atomic mass is 10.0. The van der Waals surface area contributed by atoms with Gasteiger partial charge in [-0.05, 0) is 17.7 Å². The molecule has 0 saturated carbocycles. The first-order valence-corrected chi connectivity index (χ1v) is 5.90. The summed E-state index contributed by atoms with van der Waals surface area (Å²) in [4.78, 5) is 23.5. The molecule has 3 rings (SSSR count). The Labute approximate surface area is 100 Å². The number of carbonyl (C=O) groups excluding carboxylic acids is 2. The van der Waals surface area contributed by atoms with Gasteiger partial charge in [-0.2, -0.15) is 0 Å². The van der Waals surface area contributed by atoms with Crippen LogP contribution >= 0.6 is 22.9 Å². The number of fused-ring (bicyclic) bond motifs is 3. The Bertz CT molecular complexity index is 632. The topological polar surface area (TPSA) is 46.2 Å². The SMILES string of the molecule is O=C1Cc2c(sc3cccc(Cl)c23)C(=O)N1. The zero-order valence-electron chi connectivity index (χ0n) is 8.04. The maximum absolute atomic E-state index is 11.6. The molecule has 3 nitrogen and oxygen atoms in total. The summed E-state index contributed by atoms with van der Waals surface area (Å²) in [6, 6.07) is 5.52. The normalized spacial score (nSPS) is 15.1. The van der Waals surface area contributed by atoms with Crippen LogP contribution in [0.3, 0.4) is 0 Å². The Hall–Kier alpha value is -1.39. The third-order valence-electron chi connectivity index (χ3n) is 2.56. The lowest BCUT2D eigenvalue weighted by Crippen LogP contribution is -2.36. The van der Waals surface area contributed by atoms with Crippen LogP contribution in [0.4, 0.5) is 0 Å². The minimum Gasteiger partial charge on any atom is -0.291 e. The van der Waals surface area contributed by atoms with E-state index in [-0.39, 0.29) is 18.2 Å². The molecule has 0 atom stereocenters. The second-order valence-corrected chi connectivity index (χ2v) is 5.04. The summed E-state index contributed by atoms with van der Waals surface area (Å²) in [5.74, 6) is -0.583. The molecule has 0 fully saturated rings. The predicted octanol–water partition coefficient (Wildman–Crippen LogP) is 2.37. The molecule has 1 aliphatic rings. The van der Waals surface area contributed by atoms with E-state index in [1.165, 1.54) is 11.3 Å². The standard InChI is InChI=1S/C11H6ClNO2S/c12-6-2-1-3-7-9(6)5-4-8(14)13-11(15)10(5)16-7/h1-3H,4H2,(H,13,14,15). The molecule has 2 amide bonds. The minimum absolute atomic E-state index is 0.227. The predicted molar refractivity (Wildman–Crippen MR) is 63.0 cm³/mol. The molecule has 1 N–H and O–H groups in total. The van der Waals surface area contributed by atoms with Gasteiger partial charge in [-0.1, -0.05) is 17.7 Å². The summed E-state index contributed by atoms with van der Waals surface area (Å²) < 4.78 is 0.947. The van der Waals surface area contributed by atoms with E-state index in [0.717, 1.165) is 15.6 Å². The van der Waals surface area contributed by atoms with Crippen molar-refractivity contribution >= 4 is 44.8 Å². The van der Waals surface area contributed by atoms with E-state index in [9.17, 15) is 9.59 Å². The van der Waals surface area contributed by atoms with Gasteiger partial charge in [-0.15, -0.1) is 11.3 Å². The first-order valence-electron chi connectivity index (χ1n) is 4.71. The number of rotatable bonds is 0. The number of thiophene rings is 1. The highest BCUT2D eigenvalue weighted by atomic mass is 35.5. The van der Waals surface area contributed by atoms with Crippen molar-refractivity contribution in [3.05, 3.63) is 33.7 Å². The number of hydrogen-bond donors (Lipinski definition) is 1. The van der Waals surface area contributed by atoms with Crippen molar-refractivity contribution in [1.29, 1.82) is 0 Å². The van der Waals surface area contributed by atoms with E-state index >= 15 is 0 Å². The Balaban J connectivity index is 2.40. The zero-order valence-corrected chi connectivity index (χ0v) is 9.61. The van der Waals surface area contributed by atoms with E-state index in [0.29, 0.717) is 9.90 Å². The first kappa shape index (κ1) is 9.81. The number of benzene rings is 1. The van der Waals surface area contributed by atoms with E-state index in [2.05, 4.69) is 5.32 Å². The van der Waals surface area contributed by atoms with Crippen molar-refractivity contribution in [2.24, 2.45) is 0 Å². The maximum Gasteiger partial charge on any atom is 0.268 e. The number of halogens is 1. The Morgan fingerprint density at radius 2 is 2.12 bits per heavy atom. The van der Waals surface area contributed by atoms with Gasteiger partial charge in [-0.3, -0.25) is 14.9 Å². The van der Waals surface area contributed by atoms with Gasteiger partial charge in [0, 0.05) is 15.1 Å². The van der Waals surface area contributed by atoms with Gasteiger partial charge in [0.2, 0.25) is 5.91 Å². The van der Waals surface area contributed by atoms with Crippen LogP contribution in [0.2, 0.25) is 5.02 Å².